The van der Waals surface area contributed by atoms with Crippen molar-refractivity contribution >= 4 is 17.5 Å². The van der Waals surface area contributed by atoms with Crippen molar-refractivity contribution in [2.24, 2.45) is 0 Å². The van der Waals surface area contributed by atoms with Crippen molar-refractivity contribution in [1.82, 2.24) is 14.9 Å². The molecule has 2 N–H and O–H groups in total. The zero-order valence-electron chi connectivity index (χ0n) is 13.0. The molecule has 118 valence electrons. The highest BCUT2D eigenvalue weighted by Crippen LogP contribution is 2.15. The molecule has 0 aliphatic carbocycles. The number of halogens is 1. The summed E-state index contributed by atoms with van der Waals surface area (Å²) >= 11 is 0. The molecule has 22 heavy (non-hydrogen) atoms. The van der Waals surface area contributed by atoms with Crippen LogP contribution in [0.25, 0.3) is 0 Å². The van der Waals surface area contributed by atoms with E-state index < -0.39 is 0 Å². The van der Waals surface area contributed by atoms with E-state index in [1.807, 2.05) is 6.07 Å². The Hall–Kier alpha value is -2.21. The summed E-state index contributed by atoms with van der Waals surface area (Å²) in [6.45, 7) is 1.95. The molecule has 1 heterocycles. The van der Waals surface area contributed by atoms with Gasteiger partial charge in [0.1, 0.15) is 11.6 Å². The molecule has 0 spiro atoms. The van der Waals surface area contributed by atoms with Crippen LogP contribution >= 0.6 is 0 Å². The second-order valence-corrected chi connectivity index (χ2v) is 5.34. The third-order valence-corrected chi connectivity index (χ3v) is 3.07. The van der Waals surface area contributed by atoms with Crippen LogP contribution in [0.5, 0.6) is 0 Å². The van der Waals surface area contributed by atoms with Gasteiger partial charge in [0.2, 0.25) is 5.95 Å². The lowest BCUT2D eigenvalue weighted by molar-refractivity contribution is 0.396. The van der Waals surface area contributed by atoms with E-state index in [0.717, 1.165) is 31.7 Å². The molecule has 0 amide bonds. The minimum Gasteiger partial charge on any atom is -0.370 e. The maximum atomic E-state index is 13.1. The van der Waals surface area contributed by atoms with Gasteiger partial charge in [-0.25, -0.2) is 9.37 Å². The van der Waals surface area contributed by atoms with Crippen LogP contribution < -0.4 is 10.6 Å². The number of unbranched alkanes of at least 4 members (excludes halogenated alkanes) is 1. The van der Waals surface area contributed by atoms with Gasteiger partial charge in [-0.3, -0.25) is 0 Å². The van der Waals surface area contributed by atoms with Crippen LogP contribution in [0.2, 0.25) is 0 Å². The summed E-state index contributed by atoms with van der Waals surface area (Å²) in [7, 11) is 4.14. The molecule has 0 fully saturated rings. The first kappa shape index (κ1) is 16.2. The van der Waals surface area contributed by atoms with Gasteiger partial charge >= 0.3 is 0 Å². The van der Waals surface area contributed by atoms with Gasteiger partial charge in [-0.05, 0) is 57.7 Å². The Morgan fingerprint density at radius 2 is 2.05 bits per heavy atom. The van der Waals surface area contributed by atoms with Crippen LogP contribution in [0.15, 0.2) is 36.5 Å². The Labute approximate surface area is 130 Å². The molecular formula is C16H22FN5. The predicted octanol–water partition coefficient (Wildman–Crippen LogP) is 3.11. The van der Waals surface area contributed by atoms with E-state index in [4.69, 9.17) is 0 Å². The average molecular weight is 303 g/mol. The highest BCUT2D eigenvalue weighted by Gasteiger charge is 2.01. The molecule has 0 saturated carbocycles. The van der Waals surface area contributed by atoms with Gasteiger partial charge in [-0.2, -0.15) is 4.98 Å². The normalized spacial score (nSPS) is 10.7. The highest BCUT2D eigenvalue weighted by molar-refractivity contribution is 5.54. The van der Waals surface area contributed by atoms with Crippen molar-refractivity contribution in [2.45, 2.75) is 12.8 Å². The molecule has 1 aromatic carbocycles. The van der Waals surface area contributed by atoms with E-state index in [1.54, 1.807) is 18.3 Å². The predicted molar refractivity (Wildman–Crippen MR) is 88.0 cm³/mol. The first-order valence-electron chi connectivity index (χ1n) is 7.38. The number of aromatic nitrogens is 2. The van der Waals surface area contributed by atoms with Gasteiger partial charge in [0.15, 0.2) is 0 Å². The van der Waals surface area contributed by atoms with Gasteiger partial charge in [0.25, 0.3) is 0 Å². The number of hydrogen-bond acceptors (Lipinski definition) is 5. The van der Waals surface area contributed by atoms with E-state index in [-0.39, 0.29) is 5.82 Å². The fourth-order valence-corrected chi connectivity index (χ4v) is 1.98. The standard InChI is InChI=1S/C16H22FN5/c1-22(2)11-4-3-9-18-15-8-10-19-16(21-15)20-14-7-5-6-13(17)12-14/h5-8,10,12H,3-4,9,11H2,1-2H3,(H2,18,19,20,21). The Morgan fingerprint density at radius 1 is 1.18 bits per heavy atom. The molecule has 0 bridgehead atoms. The van der Waals surface area contributed by atoms with E-state index in [9.17, 15) is 4.39 Å². The largest absolute Gasteiger partial charge is 0.370 e. The topological polar surface area (TPSA) is 53.1 Å². The SMILES string of the molecule is CN(C)CCCCNc1ccnc(Nc2cccc(F)c2)n1. The lowest BCUT2D eigenvalue weighted by Gasteiger charge is -2.10. The Kier molecular flexibility index (Phi) is 6.09. The fourth-order valence-electron chi connectivity index (χ4n) is 1.98. The van der Waals surface area contributed by atoms with Crippen LogP contribution in [-0.4, -0.2) is 42.1 Å². The number of anilines is 3. The lowest BCUT2D eigenvalue weighted by atomic mass is 10.3. The maximum Gasteiger partial charge on any atom is 0.229 e. The monoisotopic (exact) mass is 303 g/mol. The Bertz CT molecular complexity index is 588. The van der Waals surface area contributed by atoms with Crippen LogP contribution in [-0.2, 0) is 0 Å². The van der Waals surface area contributed by atoms with E-state index >= 15 is 0 Å². The smallest absolute Gasteiger partial charge is 0.229 e. The molecule has 6 heteroatoms. The zero-order valence-corrected chi connectivity index (χ0v) is 13.0. The molecule has 0 atom stereocenters. The van der Waals surface area contributed by atoms with E-state index in [1.165, 1.54) is 12.1 Å². The minimum atomic E-state index is -0.292. The molecule has 0 unspecified atom stereocenters. The van der Waals surface area contributed by atoms with Gasteiger partial charge in [-0.1, -0.05) is 6.07 Å². The summed E-state index contributed by atoms with van der Waals surface area (Å²) in [4.78, 5) is 10.7. The lowest BCUT2D eigenvalue weighted by Crippen LogP contribution is -2.14. The molecule has 2 aromatic rings. The Balaban J connectivity index is 1.84. The maximum absolute atomic E-state index is 13.1. The summed E-state index contributed by atoms with van der Waals surface area (Å²) in [5, 5.41) is 6.26. The second-order valence-electron chi connectivity index (χ2n) is 5.34. The number of rotatable bonds is 8. The molecule has 0 saturated heterocycles. The minimum absolute atomic E-state index is 0.292. The van der Waals surface area contributed by atoms with E-state index in [2.05, 4.69) is 39.6 Å². The van der Waals surface area contributed by atoms with Crippen LogP contribution in [0.4, 0.5) is 21.8 Å². The summed E-state index contributed by atoms with van der Waals surface area (Å²) in [5.41, 5.74) is 0.628. The average Bonchev–Trinajstić information content (AvgIpc) is 2.47. The van der Waals surface area contributed by atoms with E-state index in [0.29, 0.717) is 11.6 Å². The third-order valence-electron chi connectivity index (χ3n) is 3.07. The van der Waals surface area contributed by atoms with Crippen molar-refractivity contribution in [2.75, 3.05) is 37.8 Å². The van der Waals surface area contributed by atoms with Crippen molar-refractivity contribution < 1.29 is 4.39 Å². The van der Waals surface area contributed by atoms with Crippen LogP contribution in [0, 0.1) is 5.82 Å². The molecule has 0 radical (unpaired) electrons. The van der Waals surface area contributed by atoms with Gasteiger partial charge in [-0.15, -0.1) is 0 Å². The van der Waals surface area contributed by atoms with Crippen molar-refractivity contribution in [3.63, 3.8) is 0 Å². The van der Waals surface area contributed by atoms with Crippen LogP contribution in [0.3, 0.4) is 0 Å². The number of benzene rings is 1. The Morgan fingerprint density at radius 3 is 2.82 bits per heavy atom. The third kappa shape index (κ3) is 5.65. The molecule has 5 nitrogen and oxygen atoms in total. The quantitative estimate of drug-likeness (QED) is 0.734. The van der Waals surface area contributed by atoms with Crippen molar-refractivity contribution in [3.05, 3.63) is 42.3 Å². The van der Waals surface area contributed by atoms with Crippen LogP contribution in [0.1, 0.15) is 12.8 Å². The summed E-state index contributed by atoms with van der Waals surface area (Å²) < 4.78 is 13.1. The fraction of sp³-hybridized carbons (Fsp3) is 0.375. The number of hydrogen-bond donors (Lipinski definition) is 2. The van der Waals surface area contributed by atoms with Gasteiger partial charge in [0, 0.05) is 18.4 Å². The highest BCUT2D eigenvalue weighted by atomic mass is 19.1. The first-order chi connectivity index (χ1) is 10.6. The second kappa shape index (κ2) is 8.29. The molecular weight excluding hydrogens is 281 g/mol. The summed E-state index contributed by atoms with van der Waals surface area (Å²) in [5.74, 6) is 0.919. The zero-order chi connectivity index (χ0) is 15.8. The van der Waals surface area contributed by atoms with Crippen molar-refractivity contribution in [3.8, 4) is 0 Å². The summed E-state index contributed by atoms with van der Waals surface area (Å²) in [6, 6.07) is 8.05. The molecule has 0 aliphatic heterocycles. The first-order valence-corrected chi connectivity index (χ1v) is 7.38. The number of nitrogens with zero attached hydrogens (tertiary/aromatic N) is 3. The number of nitrogens with one attached hydrogen (secondary N) is 2. The molecule has 1 aromatic heterocycles. The molecule has 2 rings (SSSR count). The van der Waals surface area contributed by atoms with Crippen molar-refractivity contribution in [1.29, 1.82) is 0 Å². The summed E-state index contributed by atoms with van der Waals surface area (Å²) in [6.07, 6.45) is 3.89. The van der Waals surface area contributed by atoms with Gasteiger partial charge < -0.3 is 15.5 Å². The van der Waals surface area contributed by atoms with Gasteiger partial charge in [0.05, 0.1) is 0 Å². The molecule has 0 aliphatic rings.